The van der Waals surface area contributed by atoms with Gasteiger partial charge in [0.1, 0.15) is 0 Å². The molecule has 1 aromatic carbocycles. The maximum absolute atomic E-state index is 4.32. The number of nitrogens with zero attached hydrogens (tertiary/aromatic N) is 1. The van der Waals surface area contributed by atoms with Crippen molar-refractivity contribution in [3.63, 3.8) is 0 Å². The van der Waals surface area contributed by atoms with Gasteiger partial charge in [-0.15, -0.1) is 11.3 Å². The first kappa shape index (κ1) is 13.3. The minimum absolute atomic E-state index is 0.855. The molecule has 1 N–H and O–H groups in total. The van der Waals surface area contributed by atoms with Gasteiger partial charge < -0.3 is 5.32 Å². The first-order chi connectivity index (χ1) is 9.86. The maximum atomic E-state index is 4.32. The molecule has 0 aliphatic rings. The third-order valence-corrected chi connectivity index (χ3v) is 4.66. The van der Waals surface area contributed by atoms with Gasteiger partial charge in [-0.25, -0.2) is 0 Å². The summed E-state index contributed by atoms with van der Waals surface area (Å²) in [5.41, 5.74) is 1.26. The van der Waals surface area contributed by atoms with Crippen LogP contribution in [0.2, 0.25) is 0 Å². The van der Waals surface area contributed by atoms with Crippen molar-refractivity contribution in [1.82, 2.24) is 10.3 Å². The van der Waals surface area contributed by atoms with Gasteiger partial charge in [-0.05, 0) is 29.5 Å². The van der Waals surface area contributed by atoms with E-state index in [1.54, 1.807) is 0 Å². The largest absolute Gasteiger partial charge is 0.308 e. The summed E-state index contributed by atoms with van der Waals surface area (Å²) < 4.78 is 0. The van der Waals surface area contributed by atoms with Gasteiger partial charge in [0.2, 0.25) is 0 Å². The minimum Gasteiger partial charge on any atom is -0.308 e. The van der Waals surface area contributed by atoms with E-state index >= 15 is 0 Å². The molecule has 2 aromatic heterocycles. The molecule has 3 aromatic rings. The van der Waals surface area contributed by atoms with E-state index < -0.39 is 0 Å². The Hall–Kier alpha value is -1.71. The fourth-order valence-corrected chi connectivity index (χ4v) is 3.28. The summed E-state index contributed by atoms with van der Waals surface area (Å²) in [6, 6.07) is 12.9. The van der Waals surface area contributed by atoms with Crippen molar-refractivity contribution in [1.29, 1.82) is 0 Å². The Labute approximate surface area is 123 Å². The van der Waals surface area contributed by atoms with Crippen LogP contribution in [0.15, 0.2) is 48.8 Å². The van der Waals surface area contributed by atoms with Crippen LogP contribution in [0.4, 0.5) is 0 Å². The lowest BCUT2D eigenvalue weighted by Gasteiger charge is -2.07. The standard InChI is InChI=1S/C17H18N2S/c1-2-15-7-8-16(20-15)12-19-11-14-10-18-9-13-5-3-4-6-17(13)14/h3-10,19H,2,11-12H2,1H3. The number of pyridine rings is 1. The molecule has 0 amide bonds. The molecule has 0 spiro atoms. The second-order valence-electron chi connectivity index (χ2n) is 4.84. The molecule has 3 heteroatoms. The van der Waals surface area contributed by atoms with Crippen molar-refractivity contribution in [3.05, 3.63) is 64.1 Å². The smallest absolute Gasteiger partial charge is 0.0346 e. The van der Waals surface area contributed by atoms with Crippen LogP contribution in [0.25, 0.3) is 10.8 Å². The fraction of sp³-hybridized carbons (Fsp3) is 0.235. The zero-order valence-electron chi connectivity index (χ0n) is 11.6. The lowest BCUT2D eigenvalue weighted by molar-refractivity contribution is 0.702. The van der Waals surface area contributed by atoms with Crippen LogP contribution in [-0.2, 0) is 19.5 Å². The van der Waals surface area contributed by atoms with E-state index in [-0.39, 0.29) is 0 Å². The molecular weight excluding hydrogens is 264 g/mol. The Balaban J connectivity index is 1.68. The first-order valence-corrected chi connectivity index (χ1v) is 7.78. The van der Waals surface area contributed by atoms with Gasteiger partial charge in [0.15, 0.2) is 0 Å². The Kier molecular flexibility index (Phi) is 4.09. The highest BCUT2D eigenvalue weighted by Crippen LogP contribution is 2.18. The molecule has 0 fully saturated rings. The third-order valence-electron chi connectivity index (χ3n) is 3.43. The van der Waals surface area contributed by atoms with Crippen molar-refractivity contribution in [2.45, 2.75) is 26.4 Å². The van der Waals surface area contributed by atoms with Crippen LogP contribution in [0.5, 0.6) is 0 Å². The second kappa shape index (κ2) is 6.16. The summed E-state index contributed by atoms with van der Waals surface area (Å²) in [5.74, 6) is 0. The van der Waals surface area contributed by atoms with E-state index in [2.05, 4.69) is 53.6 Å². The molecule has 0 unspecified atom stereocenters. The van der Waals surface area contributed by atoms with Crippen LogP contribution in [0.3, 0.4) is 0 Å². The molecular formula is C17H18N2S. The maximum Gasteiger partial charge on any atom is 0.0346 e. The average Bonchev–Trinajstić information content (AvgIpc) is 2.95. The van der Waals surface area contributed by atoms with Gasteiger partial charge in [-0.1, -0.05) is 31.2 Å². The predicted molar refractivity (Wildman–Crippen MR) is 86.0 cm³/mol. The topological polar surface area (TPSA) is 24.9 Å². The zero-order chi connectivity index (χ0) is 13.8. The number of fused-ring (bicyclic) bond motifs is 1. The molecule has 0 bridgehead atoms. The molecule has 0 saturated carbocycles. The number of nitrogens with one attached hydrogen (secondary N) is 1. The van der Waals surface area contributed by atoms with E-state index in [4.69, 9.17) is 0 Å². The van der Waals surface area contributed by atoms with E-state index in [0.717, 1.165) is 19.5 Å². The van der Waals surface area contributed by atoms with Crippen molar-refractivity contribution in [2.24, 2.45) is 0 Å². The van der Waals surface area contributed by atoms with Gasteiger partial charge in [0.05, 0.1) is 0 Å². The quantitative estimate of drug-likeness (QED) is 0.760. The van der Waals surface area contributed by atoms with Crippen molar-refractivity contribution in [3.8, 4) is 0 Å². The fourth-order valence-electron chi connectivity index (χ4n) is 2.35. The summed E-state index contributed by atoms with van der Waals surface area (Å²) in [6.45, 7) is 3.98. The summed E-state index contributed by atoms with van der Waals surface area (Å²) in [4.78, 5) is 7.17. The molecule has 102 valence electrons. The number of aryl methyl sites for hydroxylation is 1. The Bertz CT molecular complexity index is 698. The Morgan fingerprint density at radius 1 is 1.00 bits per heavy atom. The molecule has 0 saturated heterocycles. The van der Waals surface area contributed by atoms with Gasteiger partial charge in [-0.2, -0.15) is 0 Å². The van der Waals surface area contributed by atoms with Crippen molar-refractivity contribution >= 4 is 22.1 Å². The molecule has 0 atom stereocenters. The van der Waals surface area contributed by atoms with Gasteiger partial charge in [0, 0.05) is 40.6 Å². The number of hydrogen-bond acceptors (Lipinski definition) is 3. The summed E-state index contributed by atoms with van der Waals surface area (Å²) in [5, 5.41) is 6.01. The van der Waals surface area contributed by atoms with Gasteiger partial charge in [0.25, 0.3) is 0 Å². The SMILES string of the molecule is CCc1ccc(CNCc2cncc3ccccc23)s1. The molecule has 20 heavy (non-hydrogen) atoms. The van der Waals surface area contributed by atoms with Crippen LogP contribution in [0, 0.1) is 0 Å². The predicted octanol–water partition coefficient (Wildman–Crippen LogP) is 4.15. The molecule has 0 aliphatic heterocycles. The van der Waals surface area contributed by atoms with Crippen LogP contribution in [0.1, 0.15) is 22.2 Å². The summed E-state index contributed by atoms with van der Waals surface area (Å²) in [7, 11) is 0. The number of aromatic nitrogens is 1. The molecule has 2 nitrogen and oxygen atoms in total. The normalized spacial score (nSPS) is 11.1. The van der Waals surface area contributed by atoms with Crippen LogP contribution >= 0.6 is 11.3 Å². The number of benzene rings is 1. The highest BCUT2D eigenvalue weighted by Gasteiger charge is 2.02. The Morgan fingerprint density at radius 3 is 2.70 bits per heavy atom. The van der Waals surface area contributed by atoms with E-state index in [1.807, 2.05) is 23.7 Å². The monoisotopic (exact) mass is 282 g/mol. The minimum atomic E-state index is 0.855. The zero-order valence-corrected chi connectivity index (χ0v) is 12.4. The first-order valence-electron chi connectivity index (χ1n) is 6.96. The van der Waals surface area contributed by atoms with E-state index in [9.17, 15) is 0 Å². The van der Waals surface area contributed by atoms with Gasteiger partial charge >= 0.3 is 0 Å². The number of rotatable bonds is 5. The highest BCUT2D eigenvalue weighted by molar-refractivity contribution is 7.11. The van der Waals surface area contributed by atoms with Crippen LogP contribution < -0.4 is 5.32 Å². The molecule has 3 rings (SSSR count). The van der Waals surface area contributed by atoms with Gasteiger partial charge in [-0.3, -0.25) is 4.98 Å². The highest BCUT2D eigenvalue weighted by atomic mass is 32.1. The molecule has 2 heterocycles. The lowest BCUT2D eigenvalue weighted by Crippen LogP contribution is -2.12. The van der Waals surface area contributed by atoms with E-state index in [0.29, 0.717) is 0 Å². The molecule has 0 radical (unpaired) electrons. The van der Waals surface area contributed by atoms with Crippen molar-refractivity contribution < 1.29 is 0 Å². The number of hydrogen-bond donors (Lipinski definition) is 1. The summed E-state index contributed by atoms with van der Waals surface area (Å²) in [6.07, 6.45) is 5.00. The molecule has 0 aliphatic carbocycles. The lowest BCUT2D eigenvalue weighted by atomic mass is 10.1. The Morgan fingerprint density at radius 2 is 1.85 bits per heavy atom. The van der Waals surface area contributed by atoms with E-state index in [1.165, 1.54) is 26.1 Å². The third kappa shape index (κ3) is 2.89. The number of thiophene rings is 1. The average molecular weight is 282 g/mol. The van der Waals surface area contributed by atoms with Crippen LogP contribution in [-0.4, -0.2) is 4.98 Å². The summed E-state index contributed by atoms with van der Waals surface area (Å²) >= 11 is 1.89. The van der Waals surface area contributed by atoms with Crippen molar-refractivity contribution in [2.75, 3.05) is 0 Å². The second-order valence-corrected chi connectivity index (χ2v) is 6.10.